The lowest BCUT2D eigenvalue weighted by Gasteiger charge is -2.36. The molecule has 0 aromatic heterocycles. The van der Waals surface area contributed by atoms with Crippen LogP contribution in [0.25, 0.3) is 0 Å². The van der Waals surface area contributed by atoms with E-state index in [2.05, 4.69) is 21.6 Å². The van der Waals surface area contributed by atoms with Crippen molar-refractivity contribution in [2.75, 3.05) is 30.8 Å². The van der Waals surface area contributed by atoms with Crippen molar-refractivity contribution in [1.82, 2.24) is 4.90 Å². The number of carbonyl (C=O) groups is 2. The van der Waals surface area contributed by atoms with Crippen LogP contribution in [0.2, 0.25) is 0 Å². The van der Waals surface area contributed by atoms with E-state index in [-0.39, 0.29) is 17.7 Å². The molecule has 1 saturated heterocycles. The zero-order valence-electron chi connectivity index (χ0n) is 20.6. The minimum Gasteiger partial charge on any atom is -0.495 e. The largest absolute Gasteiger partial charge is 0.495 e. The van der Waals surface area contributed by atoms with Gasteiger partial charge in [-0.2, -0.15) is 0 Å². The molecule has 3 aromatic carbocycles. The number of ether oxygens (including phenoxy) is 1. The van der Waals surface area contributed by atoms with Crippen molar-refractivity contribution in [3.05, 3.63) is 89.5 Å². The Bertz CT molecular complexity index is 1150. The van der Waals surface area contributed by atoms with Crippen LogP contribution in [-0.4, -0.2) is 36.9 Å². The van der Waals surface area contributed by atoms with Crippen LogP contribution in [-0.2, 0) is 9.59 Å². The molecule has 0 radical (unpaired) electrons. The average Bonchev–Trinajstić information content (AvgIpc) is 2.85. The number of nitrogens with zero attached hydrogens (tertiary/aromatic N) is 1. The Morgan fingerprint density at radius 2 is 1.51 bits per heavy atom. The highest BCUT2D eigenvalue weighted by Gasteiger charge is 2.33. The molecule has 0 spiro atoms. The molecule has 1 aliphatic rings. The minimum atomic E-state index is -0.421. The van der Waals surface area contributed by atoms with Crippen LogP contribution in [0.3, 0.4) is 0 Å². The number of piperidine rings is 1. The zero-order chi connectivity index (χ0) is 24.8. The maximum Gasteiger partial charge on any atom is 0.246 e. The molecule has 6 heteroatoms. The van der Waals surface area contributed by atoms with Gasteiger partial charge in [0.05, 0.1) is 12.8 Å². The van der Waals surface area contributed by atoms with Crippen molar-refractivity contribution in [2.45, 2.75) is 32.7 Å². The average molecular weight is 472 g/mol. The number of para-hydroxylation sites is 2. The first-order chi connectivity index (χ1) is 16.9. The van der Waals surface area contributed by atoms with Crippen LogP contribution < -0.4 is 15.4 Å². The Balaban J connectivity index is 1.46. The van der Waals surface area contributed by atoms with Gasteiger partial charge in [0.25, 0.3) is 0 Å². The summed E-state index contributed by atoms with van der Waals surface area (Å²) in [5.74, 6) is 0.462. The Hall–Kier alpha value is -3.64. The van der Waals surface area contributed by atoms with Crippen LogP contribution in [0.1, 0.15) is 35.6 Å². The fourth-order valence-corrected chi connectivity index (χ4v) is 4.82. The van der Waals surface area contributed by atoms with Crippen LogP contribution in [0, 0.1) is 19.8 Å². The van der Waals surface area contributed by atoms with Gasteiger partial charge in [0, 0.05) is 11.6 Å². The van der Waals surface area contributed by atoms with E-state index in [4.69, 9.17) is 4.74 Å². The molecule has 0 bridgehead atoms. The van der Waals surface area contributed by atoms with Crippen LogP contribution in [0.15, 0.2) is 72.8 Å². The Labute approximate surface area is 207 Å². The summed E-state index contributed by atoms with van der Waals surface area (Å²) in [5, 5.41) is 6.14. The number of likely N-dealkylation sites (tertiary alicyclic amines) is 1. The third kappa shape index (κ3) is 6.08. The maximum absolute atomic E-state index is 13.5. The number of anilines is 2. The van der Waals surface area contributed by atoms with Gasteiger partial charge in [0.2, 0.25) is 11.8 Å². The van der Waals surface area contributed by atoms with Gasteiger partial charge in [-0.15, -0.1) is 0 Å². The van der Waals surface area contributed by atoms with Gasteiger partial charge in [0.15, 0.2) is 0 Å². The summed E-state index contributed by atoms with van der Waals surface area (Å²) in [6.45, 7) is 5.37. The lowest BCUT2D eigenvalue weighted by atomic mass is 9.93. The third-order valence-electron chi connectivity index (χ3n) is 6.48. The number of benzene rings is 3. The molecule has 0 saturated carbocycles. The fourth-order valence-electron chi connectivity index (χ4n) is 4.82. The van der Waals surface area contributed by atoms with E-state index >= 15 is 0 Å². The van der Waals surface area contributed by atoms with Gasteiger partial charge < -0.3 is 15.4 Å². The van der Waals surface area contributed by atoms with Crippen LogP contribution >= 0.6 is 0 Å². The first-order valence-electron chi connectivity index (χ1n) is 12.1. The first kappa shape index (κ1) is 24.5. The quantitative estimate of drug-likeness (QED) is 0.488. The number of rotatable bonds is 7. The number of aryl methyl sites for hydroxylation is 2. The van der Waals surface area contributed by atoms with E-state index in [1.165, 1.54) is 0 Å². The molecule has 1 aliphatic heterocycles. The number of hydrogen-bond donors (Lipinski definition) is 2. The van der Waals surface area contributed by atoms with Crippen molar-refractivity contribution < 1.29 is 14.3 Å². The Morgan fingerprint density at radius 3 is 2.17 bits per heavy atom. The Morgan fingerprint density at radius 1 is 0.886 bits per heavy atom. The number of hydrogen-bond acceptors (Lipinski definition) is 4. The fraction of sp³-hybridized carbons (Fsp3) is 0.310. The highest BCUT2D eigenvalue weighted by molar-refractivity contribution is 5.96. The summed E-state index contributed by atoms with van der Waals surface area (Å²) in [6, 6.07) is 22.9. The molecule has 182 valence electrons. The van der Waals surface area contributed by atoms with E-state index in [0.717, 1.165) is 22.4 Å². The molecule has 35 heavy (non-hydrogen) atoms. The molecule has 1 heterocycles. The normalized spacial score (nSPS) is 15.3. The summed E-state index contributed by atoms with van der Waals surface area (Å²) >= 11 is 0. The molecule has 1 atom stereocenters. The molecule has 0 aliphatic carbocycles. The van der Waals surface area contributed by atoms with Crippen molar-refractivity contribution >= 4 is 23.2 Å². The van der Waals surface area contributed by atoms with Gasteiger partial charge in [-0.3, -0.25) is 14.5 Å². The zero-order valence-corrected chi connectivity index (χ0v) is 20.6. The molecule has 2 N–H and O–H groups in total. The van der Waals surface area contributed by atoms with Crippen molar-refractivity contribution in [1.29, 1.82) is 0 Å². The standard InChI is InChI=1S/C29H33N3O3/c1-20-17-21(2)19-24(18-20)30-29(34)27(22-9-5-4-6-10-22)32-15-13-23(14-16-32)28(33)31-25-11-7-8-12-26(25)35-3/h4-12,17-19,23,27H,13-16H2,1-3H3,(H,30,34)(H,31,33). The molecule has 2 amide bonds. The number of methoxy groups -OCH3 is 1. The second-order valence-electron chi connectivity index (χ2n) is 9.18. The highest BCUT2D eigenvalue weighted by atomic mass is 16.5. The number of carbonyl (C=O) groups excluding carboxylic acids is 2. The van der Waals surface area contributed by atoms with E-state index in [1.807, 2.05) is 80.6 Å². The summed E-state index contributed by atoms with van der Waals surface area (Å²) < 4.78 is 5.35. The maximum atomic E-state index is 13.5. The second-order valence-corrected chi connectivity index (χ2v) is 9.18. The molecule has 4 rings (SSSR count). The summed E-state index contributed by atoms with van der Waals surface area (Å²) in [7, 11) is 1.59. The van der Waals surface area contributed by atoms with Gasteiger partial charge in [-0.25, -0.2) is 0 Å². The van der Waals surface area contributed by atoms with Crippen LogP contribution in [0.5, 0.6) is 5.75 Å². The topological polar surface area (TPSA) is 70.7 Å². The van der Waals surface area contributed by atoms with Crippen molar-refractivity contribution in [2.24, 2.45) is 5.92 Å². The molecular formula is C29H33N3O3. The molecule has 1 fully saturated rings. The smallest absolute Gasteiger partial charge is 0.246 e. The summed E-state index contributed by atoms with van der Waals surface area (Å²) in [4.78, 5) is 28.7. The molecule has 6 nitrogen and oxygen atoms in total. The van der Waals surface area contributed by atoms with Crippen LogP contribution in [0.4, 0.5) is 11.4 Å². The van der Waals surface area contributed by atoms with Crippen molar-refractivity contribution in [3.8, 4) is 5.75 Å². The number of nitrogens with one attached hydrogen (secondary N) is 2. The van der Waals surface area contributed by atoms with E-state index in [1.54, 1.807) is 7.11 Å². The van der Waals surface area contributed by atoms with Crippen molar-refractivity contribution in [3.63, 3.8) is 0 Å². The first-order valence-corrected chi connectivity index (χ1v) is 12.1. The predicted octanol–water partition coefficient (Wildman–Crippen LogP) is 5.34. The molecule has 3 aromatic rings. The molecule has 1 unspecified atom stereocenters. The van der Waals surface area contributed by atoms with Gasteiger partial charge in [-0.1, -0.05) is 48.5 Å². The minimum absolute atomic E-state index is 0.00917. The molecular weight excluding hydrogens is 438 g/mol. The van der Waals surface area contributed by atoms with Gasteiger partial charge in [-0.05, 0) is 80.7 Å². The highest BCUT2D eigenvalue weighted by Crippen LogP contribution is 2.30. The third-order valence-corrected chi connectivity index (χ3v) is 6.48. The summed E-state index contributed by atoms with van der Waals surface area (Å²) in [6.07, 6.45) is 1.36. The van der Waals surface area contributed by atoms with E-state index in [0.29, 0.717) is 37.4 Å². The van der Waals surface area contributed by atoms with Gasteiger partial charge >= 0.3 is 0 Å². The summed E-state index contributed by atoms with van der Waals surface area (Å²) in [5.41, 5.74) is 4.65. The SMILES string of the molecule is COc1ccccc1NC(=O)C1CCN(C(C(=O)Nc2cc(C)cc(C)c2)c2ccccc2)CC1. The lowest BCUT2D eigenvalue weighted by molar-refractivity contribution is -0.124. The van der Waals surface area contributed by atoms with E-state index < -0.39 is 6.04 Å². The predicted molar refractivity (Wildman–Crippen MR) is 140 cm³/mol. The monoisotopic (exact) mass is 471 g/mol. The Kier molecular flexibility index (Phi) is 7.83. The number of amides is 2. The van der Waals surface area contributed by atoms with Gasteiger partial charge in [0.1, 0.15) is 11.8 Å². The van der Waals surface area contributed by atoms with E-state index in [9.17, 15) is 9.59 Å². The lowest BCUT2D eigenvalue weighted by Crippen LogP contribution is -2.44. The second kappa shape index (κ2) is 11.2.